The molecular formula is C13H19NO. The topological polar surface area (TPSA) is 21.6 Å². The van der Waals surface area contributed by atoms with Gasteiger partial charge in [-0.25, -0.2) is 4.99 Å². The summed E-state index contributed by atoms with van der Waals surface area (Å²) in [6.07, 6.45) is 6.47. The summed E-state index contributed by atoms with van der Waals surface area (Å²) in [5.41, 5.74) is 1.19. The summed E-state index contributed by atoms with van der Waals surface area (Å²) in [4.78, 5) is 4.62. The first-order valence-corrected chi connectivity index (χ1v) is 5.61. The monoisotopic (exact) mass is 205 g/mol. The maximum Gasteiger partial charge on any atom is 0.212 e. The maximum absolute atomic E-state index is 5.67. The third kappa shape index (κ3) is 1.99. The fraction of sp³-hybridized carbons (Fsp3) is 0.615. The Hall–Kier alpha value is -1.05. The van der Waals surface area contributed by atoms with E-state index >= 15 is 0 Å². The fourth-order valence-electron chi connectivity index (χ4n) is 1.93. The van der Waals surface area contributed by atoms with E-state index in [4.69, 9.17) is 4.74 Å². The van der Waals surface area contributed by atoms with Gasteiger partial charge in [-0.3, -0.25) is 0 Å². The van der Waals surface area contributed by atoms with Gasteiger partial charge in [0.2, 0.25) is 5.90 Å². The Labute approximate surface area is 91.7 Å². The third-order valence-corrected chi connectivity index (χ3v) is 3.18. The molecule has 0 radical (unpaired) electrons. The molecule has 0 spiro atoms. The summed E-state index contributed by atoms with van der Waals surface area (Å²) in [6, 6.07) is 0. The van der Waals surface area contributed by atoms with Gasteiger partial charge in [-0.05, 0) is 25.7 Å². The number of hydrogen-bond acceptors (Lipinski definition) is 2. The van der Waals surface area contributed by atoms with Crippen LogP contribution in [0.2, 0.25) is 0 Å². The van der Waals surface area contributed by atoms with Crippen molar-refractivity contribution in [2.75, 3.05) is 6.61 Å². The molecule has 1 aliphatic carbocycles. The van der Waals surface area contributed by atoms with Crippen LogP contribution in [0.25, 0.3) is 0 Å². The van der Waals surface area contributed by atoms with E-state index in [1.165, 1.54) is 5.57 Å². The summed E-state index contributed by atoms with van der Waals surface area (Å²) < 4.78 is 5.67. The molecule has 2 aliphatic rings. The van der Waals surface area contributed by atoms with Crippen LogP contribution < -0.4 is 0 Å². The van der Waals surface area contributed by atoms with Gasteiger partial charge in [-0.1, -0.05) is 32.1 Å². The van der Waals surface area contributed by atoms with Gasteiger partial charge in [0.15, 0.2) is 0 Å². The van der Waals surface area contributed by atoms with E-state index in [0.717, 1.165) is 5.90 Å². The lowest BCUT2D eigenvalue weighted by molar-refractivity contribution is 0.276. The lowest BCUT2D eigenvalue weighted by Gasteiger charge is -2.22. The molecule has 15 heavy (non-hydrogen) atoms. The van der Waals surface area contributed by atoms with E-state index in [1.54, 1.807) is 0 Å². The minimum atomic E-state index is -0.0553. The van der Waals surface area contributed by atoms with Gasteiger partial charge in [0.05, 0.1) is 5.54 Å². The van der Waals surface area contributed by atoms with Crippen molar-refractivity contribution in [3.63, 3.8) is 0 Å². The number of hydrogen-bond donors (Lipinski definition) is 0. The van der Waals surface area contributed by atoms with Gasteiger partial charge in [0, 0.05) is 5.57 Å². The van der Waals surface area contributed by atoms with Crippen molar-refractivity contribution < 1.29 is 4.74 Å². The predicted molar refractivity (Wildman–Crippen MR) is 63.0 cm³/mol. The van der Waals surface area contributed by atoms with Crippen LogP contribution in [-0.4, -0.2) is 18.0 Å². The average molecular weight is 205 g/mol. The zero-order valence-electron chi connectivity index (χ0n) is 9.95. The Bertz CT molecular complexity index is 350. The van der Waals surface area contributed by atoms with E-state index < -0.39 is 0 Å². The molecule has 0 amide bonds. The van der Waals surface area contributed by atoms with Crippen LogP contribution in [0, 0.1) is 11.8 Å². The highest BCUT2D eigenvalue weighted by molar-refractivity contribution is 5.96. The highest BCUT2D eigenvalue weighted by atomic mass is 16.5. The molecule has 0 aromatic rings. The van der Waals surface area contributed by atoms with Crippen LogP contribution in [0.5, 0.6) is 0 Å². The number of rotatable bonds is 1. The van der Waals surface area contributed by atoms with Crippen LogP contribution in [0.15, 0.2) is 28.8 Å². The van der Waals surface area contributed by atoms with E-state index in [2.05, 4.69) is 50.9 Å². The molecular weight excluding hydrogens is 186 g/mol. The molecule has 0 N–H and O–H groups in total. The Kier molecular flexibility index (Phi) is 2.45. The summed E-state index contributed by atoms with van der Waals surface area (Å²) >= 11 is 0. The van der Waals surface area contributed by atoms with E-state index in [9.17, 15) is 0 Å². The van der Waals surface area contributed by atoms with Gasteiger partial charge in [0.1, 0.15) is 6.61 Å². The molecule has 0 saturated heterocycles. The highest BCUT2D eigenvalue weighted by Crippen LogP contribution is 2.30. The Balaban J connectivity index is 2.25. The number of aliphatic imine (C=N–C) groups is 1. The molecule has 0 bridgehead atoms. The van der Waals surface area contributed by atoms with Gasteiger partial charge in [-0.2, -0.15) is 0 Å². The molecule has 1 heterocycles. The second-order valence-electron chi connectivity index (χ2n) is 5.17. The first kappa shape index (κ1) is 10.5. The Morgan fingerprint density at radius 1 is 1.40 bits per heavy atom. The summed E-state index contributed by atoms with van der Waals surface area (Å²) in [7, 11) is 0. The van der Waals surface area contributed by atoms with E-state index in [1.807, 2.05) is 0 Å². The SMILES string of the molecule is C[C@H]1C=CC=C(C2=NC(C)(C)CO2)[C@@H]1C. The second-order valence-corrected chi connectivity index (χ2v) is 5.17. The maximum atomic E-state index is 5.67. The normalized spacial score (nSPS) is 33.3. The highest BCUT2D eigenvalue weighted by Gasteiger charge is 2.31. The summed E-state index contributed by atoms with van der Waals surface area (Å²) in [5.74, 6) is 1.92. The van der Waals surface area contributed by atoms with Gasteiger partial charge < -0.3 is 4.74 Å². The van der Waals surface area contributed by atoms with Crippen LogP contribution in [0.4, 0.5) is 0 Å². The predicted octanol–water partition coefficient (Wildman–Crippen LogP) is 2.96. The minimum Gasteiger partial charge on any atom is -0.475 e. The van der Waals surface area contributed by atoms with E-state index in [0.29, 0.717) is 18.4 Å². The Morgan fingerprint density at radius 2 is 2.13 bits per heavy atom. The van der Waals surface area contributed by atoms with Crippen molar-refractivity contribution in [2.24, 2.45) is 16.8 Å². The van der Waals surface area contributed by atoms with Gasteiger partial charge in [0.25, 0.3) is 0 Å². The molecule has 0 fully saturated rings. The van der Waals surface area contributed by atoms with Crippen LogP contribution >= 0.6 is 0 Å². The zero-order valence-corrected chi connectivity index (χ0v) is 9.95. The molecule has 1 aliphatic heterocycles. The number of ether oxygens (including phenoxy) is 1. The van der Waals surface area contributed by atoms with Crippen LogP contribution in [0.1, 0.15) is 27.7 Å². The lowest BCUT2D eigenvalue weighted by Crippen LogP contribution is -2.18. The number of nitrogens with zero attached hydrogens (tertiary/aromatic N) is 1. The molecule has 0 aromatic heterocycles. The van der Waals surface area contributed by atoms with Crippen molar-refractivity contribution in [1.82, 2.24) is 0 Å². The fourth-order valence-corrected chi connectivity index (χ4v) is 1.93. The molecule has 2 atom stereocenters. The first-order valence-electron chi connectivity index (χ1n) is 5.61. The van der Waals surface area contributed by atoms with Crippen molar-refractivity contribution >= 4 is 5.90 Å². The smallest absolute Gasteiger partial charge is 0.212 e. The molecule has 82 valence electrons. The minimum absolute atomic E-state index is 0.0553. The van der Waals surface area contributed by atoms with Gasteiger partial charge >= 0.3 is 0 Å². The third-order valence-electron chi connectivity index (χ3n) is 3.18. The van der Waals surface area contributed by atoms with E-state index in [-0.39, 0.29) is 5.54 Å². The standard InChI is InChI=1S/C13H19NO/c1-9-6-5-7-11(10(9)2)12-14-13(3,4)8-15-12/h5-7,9-10H,8H2,1-4H3/t9-,10+/m0/s1. The molecule has 0 saturated carbocycles. The van der Waals surface area contributed by atoms with Crippen molar-refractivity contribution in [2.45, 2.75) is 33.2 Å². The molecule has 2 heteroatoms. The molecule has 2 rings (SSSR count). The molecule has 0 unspecified atom stereocenters. The van der Waals surface area contributed by atoms with Gasteiger partial charge in [-0.15, -0.1) is 0 Å². The van der Waals surface area contributed by atoms with Crippen LogP contribution in [0.3, 0.4) is 0 Å². The van der Waals surface area contributed by atoms with Crippen LogP contribution in [-0.2, 0) is 4.74 Å². The van der Waals surface area contributed by atoms with Crippen molar-refractivity contribution in [3.8, 4) is 0 Å². The lowest BCUT2D eigenvalue weighted by atomic mass is 9.84. The van der Waals surface area contributed by atoms with Crippen molar-refractivity contribution in [1.29, 1.82) is 0 Å². The average Bonchev–Trinajstić information content (AvgIpc) is 2.51. The first-order chi connectivity index (χ1) is 6.99. The molecule has 2 nitrogen and oxygen atoms in total. The number of allylic oxidation sites excluding steroid dienone is 3. The Morgan fingerprint density at radius 3 is 2.73 bits per heavy atom. The van der Waals surface area contributed by atoms with Crippen molar-refractivity contribution in [3.05, 3.63) is 23.8 Å². The second kappa shape index (κ2) is 3.51. The molecule has 0 aromatic carbocycles. The zero-order chi connectivity index (χ0) is 11.1. The summed E-state index contributed by atoms with van der Waals surface area (Å²) in [6.45, 7) is 9.37. The summed E-state index contributed by atoms with van der Waals surface area (Å²) in [5, 5.41) is 0. The largest absolute Gasteiger partial charge is 0.475 e. The quantitative estimate of drug-likeness (QED) is 0.645.